The first-order valence-electron chi connectivity index (χ1n) is 6.69. The Kier molecular flexibility index (Phi) is 3.30. The van der Waals surface area contributed by atoms with Crippen LogP contribution in [0.15, 0.2) is 24.5 Å². The third-order valence-electron chi connectivity index (χ3n) is 3.92. The van der Waals surface area contributed by atoms with Crippen LogP contribution in [-0.2, 0) is 0 Å². The molecule has 2 atom stereocenters. The minimum atomic E-state index is 0.422. The summed E-state index contributed by atoms with van der Waals surface area (Å²) in [5.41, 5.74) is 3.51. The molecule has 0 bridgehead atoms. The maximum atomic E-state index is 4.27. The number of hydrogen-bond acceptors (Lipinski definition) is 3. The third-order valence-corrected chi connectivity index (χ3v) is 3.92. The molecule has 0 aliphatic carbocycles. The first kappa shape index (κ1) is 11.7. The van der Waals surface area contributed by atoms with E-state index in [0.29, 0.717) is 12.0 Å². The average molecular weight is 244 g/mol. The summed E-state index contributed by atoms with van der Waals surface area (Å²) in [6.45, 7) is 2.26. The zero-order chi connectivity index (χ0) is 12.4. The Morgan fingerprint density at radius 3 is 3.17 bits per heavy atom. The fraction of sp³-hybridized carbons (Fsp3) is 0.500. The van der Waals surface area contributed by atoms with Crippen molar-refractivity contribution in [2.24, 2.45) is 5.92 Å². The van der Waals surface area contributed by atoms with Crippen molar-refractivity contribution in [1.29, 1.82) is 0 Å². The molecule has 1 saturated heterocycles. The summed E-state index contributed by atoms with van der Waals surface area (Å²) >= 11 is 0. The molecule has 0 saturated carbocycles. The summed E-state index contributed by atoms with van der Waals surface area (Å²) < 4.78 is 0. The van der Waals surface area contributed by atoms with Gasteiger partial charge >= 0.3 is 0 Å². The molecule has 1 aliphatic heterocycles. The van der Waals surface area contributed by atoms with Gasteiger partial charge in [-0.2, -0.15) is 0 Å². The molecule has 1 aromatic heterocycles. The highest BCUT2D eigenvalue weighted by atomic mass is 14.9. The highest BCUT2D eigenvalue weighted by molar-refractivity contribution is 5.75. The molecule has 3 rings (SSSR count). The second-order valence-electron chi connectivity index (χ2n) is 5.05. The predicted molar refractivity (Wildman–Crippen MR) is 73.5 cm³/mol. The molecule has 18 heavy (non-hydrogen) atoms. The Balaban J connectivity index is 1.89. The van der Waals surface area contributed by atoms with Gasteiger partial charge in [-0.25, -0.2) is 4.98 Å². The second kappa shape index (κ2) is 5.08. The van der Waals surface area contributed by atoms with Crippen LogP contribution in [0.25, 0.3) is 11.0 Å². The largest absolute Gasteiger partial charge is 0.345 e. The van der Waals surface area contributed by atoms with Crippen LogP contribution in [-0.4, -0.2) is 30.1 Å². The molecule has 0 spiro atoms. The van der Waals surface area contributed by atoms with Crippen molar-refractivity contribution in [2.75, 3.05) is 20.1 Å². The van der Waals surface area contributed by atoms with Crippen LogP contribution in [0.1, 0.15) is 24.4 Å². The van der Waals surface area contributed by atoms with E-state index in [9.17, 15) is 0 Å². The molecule has 3 N–H and O–H groups in total. The first-order valence-corrected chi connectivity index (χ1v) is 6.69. The van der Waals surface area contributed by atoms with Crippen molar-refractivity contribution >= 4 is 11.0 Å². The number of piperidine rings is 1. The highest BCUT2D eigenvalue weighted by Crippen LogP contribution is 2.28. The summed E-state index contributed by atoms with van der Waals surface area (Å²) in [5.74, 6) is 0.670. The van der Waals surface area contributed by atoms with E-state index < -0.39 is 0 Å². The van der Waals surface area contributed by atoms with E-state index in [1.165, 1.54) is 18.4 Å². The molecule has 0 amide bonds. The van der Waals surface area contributed by atoms with Crippen LogP contribution >= 0.6 is 0 Å². The van der Waals surface area contributed by atoms with E-state index >= 15 is 0 Å². The lowest BCUT2D eigenvalue weighted by Crippen LogP contribution is -2.37. The van der Waals surface area contributed by atoms with Gasteiger partial charge in [-0.3, -0.25) is 0 Å². The molecule has 4 heteroatoms. The quantitative estimate of drug-likeness (QED) is 0.772. The number of benzene rings is 1. The fourth-order valence-electron chi connectivity index (χ4n) is 2.98. The van der Waals surface area contributed by atoms with Crippen molar-refractivity contribution in [1.82, 2.24) is 20.6 Å². The number of aromatic nitrogens is 2. The van der Waals surface area contributed by atoms with Crippen LogP contribution in [0.3, 0.4) is 0 Å². The molecule has 1 aromatic carbocycles. The zero-order valence-corrected chi connectivity index (χ0v) is 10.7. The summed E-state index contributed by atoms with van der Waals surface area (Å²) in [6, 6.07) is 6.93. The maximum Gasteiger partial charge on any atom is 0.0931 e. The van der Waals surface area contributed by atoms with Crippen molar-refractivity contribution in [3.8, 4) is 0 Å². The van der Waals surface area contributed by atoms with Gasteiger partial charge in [0.15, 0.2) is 0 Å². The Bertz CT molecular complexity index is 513. The number of fused-ring (bicyclic) bond motifs is 1. The SMILES string of the molecule is CNC(c1ccc2nc[nH]c2c1)C1CCCNC1. The van der Waals surface area contributed by atoms with E-state index in [1.54, 1.807) is 6.33 Å². The number of H-pyrrole nitrogens is 1. The number of aromatic amines is 1. The minimum absolute atomic E-state index is 0.422. The van der Waals surface area contributed by atoms with Crippen molar-refractivity contribution in [2.45, 2.75) is 18.9 Å². The van der Waals surface area contributed by atoms with E-state index in [4.69, 9.17) is 0 Å². The van der Waals surface area contributed by atoms with Crippen LogP contribution in [0, 0.1) is 5.92 Å². The number of hydrogen-bond donors (Lipinski definition) is 3. The van der Waals surface area contributed by atoms with Crippen LogP contribution < -0.4 is 10.6 Å². The standard InChI is InChI=1S/C14H20N4/c1-15-14(11-3-2-6-16-8-11)10-4-5-12-13(7-10)18-9-17-12/h4-5,7,9,11,14-16H,2-3,6,8H2,1H3,(H,17,18). The van der Waals surface area contributed by atoms with Crippen molar-refractivity contribution in [3.63, 3.8) is 0 Å². The summed E-state index contributed by atoms with van der Waals surface area (Å²) in [6.07, 6.45) is 4.32. The van der Waals surface area contributed by atoms with Crippen LogP contribution in [0.2, 0.25) is 0 Å². The number of nitrogens with one attached hydrogen (secondary N) is 3. The predicted octanol–water partition coefficient (Wildman–Crippen LogP) is 1.82. The normalized spacial score (nSPS) is 22.2. The molecular formula is C14H20N4. The van der Waals surface area contributed by atoms with Gasteiger partial charge in [-0.05, 0) is 56.6 Å². The van der Waals surface area contributed by atoms with Gasteiger partial charge < -0.3 is 15.6 Å². The monoisotopic (exact) mass is 244 g/mol. The fourth-order valence-corrected chi connectivity index (χ4v) is 2.98. The Labute approximate surface area is 107 Å². The van der Waals surface area contributed by atoms with Gasteiger partial charge in [0.25, 0.3) is 0 Å². The van der Waals surface area contributed by atoms with Gasteiger partial charge in [-0.15, -0.1) is 0 Å². The summed E-state index contributed by atoms with van der Waals surface area (Å²) in [4.78, 5) is 7.46. The van der Waals surface area contributed by atoms with Crippen LogP contribution in [0.4, 0.5) is 0 Å². The van der Waals surface area contributed by atoms with E-state index in [1.807, 2.05) is 0 Å². The number of imidazole rings is 1. The molecule has 1 fully saturated rings. The average Bonchev–Trinajstić information content (AvgIpc) is 2.88. The number of rotatable bonds is 3. The van der Waals surface area contributed by atoms with E-state index in [2.05, 4.69) is 45.8 Å². The minimum Gasteiger partial charge on any atom is -0.345 e. The van der Waals surface area contributed by atoms with Gasteiger partial charge in [0, 0.05) is 6.04 Å². The molecule has 96 valence electrons. The lowest BCUT2D eigenvalue weighted by molar-refractivity contribution is 0.298. The topological polar surface area (TPSA) is 52.7 Å². The second-order valence-corrected chi connectivity index (χ2v) is 5.05. The third kappa shape index (κ3) is 2.13. The molecule has 4 nitrogen and oxygen atoms in total. The summed E-state index contributed by atoms with van der Waals surface area (Å²) in [7, 11) is 2.05. The lowest BCUT2D eigenvalue weighted by atomic mass is 9.87. The van der Waals surface area contributed by atoms with Gasteiger partial charge in [-0.1, -0.05) is 6.07 Å². The Morgan fingerprint density at radius 2 is 2.39 bits per heavy atom. The summed E-state index contributed by atoms with van der Waals surface area (Å²) in [5, 5.41) is 6.96. The Hall–Kier alpha value is -1.39. The smallest absolute Gasteiger partial charge is 0.0931 e. The Morgan fingerprint density at radius 1 is 1.44 bits per heavy atom. The molecule has 2 aromatic rings. The van der Waals surface area contributed by atoms with Gasteiger partial charge in [0.05, 0.1) is 17.4 Å². The van der Waals surface area contributed by atoms with Crippen LogP contribution in [0.5, 0.6) is 0 Å². The van der Waals surface area contributed by atoms with E-state index in [-0.39, 0.29) is 0 Å². The highest BCUT2D eigenvalue weighted by Gasteiger charge is 2.23. The van der Waals surface area contributed by atoms with Crippen molar-refractivity contribution < 1.29 is 0 Å². The maximum absolute atomic E-state index is 4.27. The molecular weight excluding hydrogens is 224 g/mol. The van der Waals surface area contributed by atoms with Gasteiger partial charge in [0.2, 0.25) is 0 Å². The number of nitrogens with zero attached hydrogens (tertiary/aromatic N) is 1. The zero-order valence-electron chi connectivity index (χ0n) is 10.7. The molecule has 2 heterocycles. The molecule has 0 radical (unpaired) electrons. The van der Waals surface area contributed by atoms with Crippen molar-refractivity contribution in [3.05, 3.63) is 30.1 Å². The molecule has 2 unspecified atom stereocenters. The van der Waals surface area contributed by atoms with Gasteiger partial charge in [0.1, 0.15) is 0 Å². The lowest BCUT2D eigenvalue weighted by Gasteiger charge is -2.31. The first-order chi connectivity index (χ1) is 8.88. The van der Waals surface area contributed by atoms with E-state index in [0.717, 1.165) is 24.1 Å². The molecule has 1 aliphatic rings.